The van der Waals surface area contributed by atoms with Crippen molar-refractivity contribution < 1.29 is 14.3 Å². The SMILES string of the molecule is CCOc1ccc(/C=C/C(=O)Oc2ccc(-c3ccccc3)cc2)cc1. The Bertz CT molecular complexity index is 864. The van der Waals surface area contributed by atoms with E-state index in [0.717, 1.165) is 22.4 Å². The minimum absolute atomic E-state index is 0.411. The Morgan fingerprint density at radius 2 is 1.42 bits per heavy atom. The van der Waals surface area contributed by atoms with Crippen LogP contribution >= 0.6 is 0 Å². The van der Waals surface area contributed by atoms with E-state index < -0.39 is 5.97 Å². The fourth-order valence-corrected chi connectivity index (χ4v) is 2.50. The molecule has 0 aliphatic heterocycles. The Hall–Kier alpha value is -3.33. The molecule has 0 saturated heterocycles. The average molecular weight is 344 g/mol. The lowest BCUT2D eigenvalue weighted by Crippen LogP contribution is -2.03. The molecule has 0 aromatic heterocycles. The molecule has 0 bridgehead atoms. The summed E-state index contributed by atoms with van der Waals surface area (Å²) in [5.41, 5.74) is 3.11. The summed E-state index contributed by atoms with van der Waals surface area (Å²) in [5, 5.41) is 0. The highest BCUT2D eigenvalue weighted by Crippen LogP contribution is 2.22. The highest BCUT2D eigenvalue weighted by molar-refractivity contribution is 5.88. The lowest BCUT2D eigenvalue weighted by Gasteiger charge is -2.04. The zero-order valence-electron chi connectivity index (χ0n) is 14.6. The summed E-state index contributed by atoms with van der Waals surface area (Å²) in [6, 6.07) is 25.1. The van der Waals surface area contributed by atoms with Crippen LogP contribution in [0.3, 0.4) is 0 Å². The van der Waals surface area contributed by atoms with Gasteiger partial charge in [0.2, 0.25) is 0 Å². The molecule has 0 N–H and O–H groups in total. The fourth-order valence-electron chi connectivity index (χ4n) is 2.50. The molecule has 0 spiro atoms. The zero-order valence-corrected chi connectivity index (χ0v) is 14.6. The standard InChI is InChI=1S/C23H20O3/c1-2-25-21-13-8-18(9-14-21)10-17-23(24)26-22-15-11-20(12-16-22)19-6-4-3-5-7-19/h3-17H,2H2,1H3/b17-10+. The molecule has 3 rings (SSSR count). The van der Waals surface area contributed by atoms with E-state index in [-0.39, 0.29) is 0 Å². The largest absolute Gasteiger partial charge is 0.494 e. The van der Waals surface area contributed by atoms with Gasteiger partial charge >= 0.3 is 5.97 Å². The Labute approximate surface area is 153 Å². The predicted molar refractivity (Wildman–Crippen MR) is 104 cm³/mol. The molecule has 0 unspecified atom stereocenters. The molecular formula is C23H20O3. The quantitative estimate of drug-likeness (QED) is 0.342. The summed E-state index contributed by atoms with van der Waals surface area (Å²) < 4.78 is 10.7. The lowest BCUT2D eigenvalue weighted by molar-refractivity contribution is -0.128. The molecule has 3 aromatic carbocycles. The van der Waals surface area contributed by atoms with Gasteiger partial charge in [-0.05, 0) is 54.0 Å². The number of hydrogen-bond acceptors (Lipinski definition) is 3. The third kappa shape index (κ3) is 4.84. The molecule has 0 atom stereocenters. The third-order valence-corrected chi connectivity index (χ3v) is 3.78. The Balaban J connectivity index is 1.59. The van der Waals surface area contributed by atoms with E-state index in [9.17, 15) is 4.79 Å². The average Bonchev–Trinajstić information content (AvgIpc) is 2.69. The molecular weight excluding hydrogens is 324 g/mol. The van der Waals surface area contributed by atoms with Gasteiger partial charge < -0.3 is 9.47 Å². The summed E-state index contributed by atoms with van der Waals surface area (Å²) in [7, 11) is 0. The van der Waals surface area contributed by atoms with E-state index in [2.05, 4.69) is 0 Å². The topological polar surface area (TPSA) is 35.5 Å². The maximum Gasteiger partial charge on any atom is 0.336 e. The molecule has 130 valence electrons. The summed E-state index contributed by atoms with van der Waals surface area (Å²) in [6.45, 7) is 2.57. The Kier molecular flexibility index (Phi) is 5.84. The number of ether oxygens (including phenoxy) is 2. The first kappa shape index (κ1) is 17.5. The molecule has 0 radical (unpaired) electrons. The Morgan fingerprint density at radius 3 is 2.08 bits per heavy atom. The van der Waals surface area contributed by atoms with Crippen molar-refractivity contribution in [3.05, 3.63) is 90.5 Å². The maximum absolute atomic E-state index is 12.0. The second kappa shape index (κ2) is 8.67. The molecule has 3 aromatic rings. The van der Waals surface area contributed by atoms with Crippen LogP contribution in [-0.4, -0.2) is 12.6 Å². The van der Waals surface area contributed by atoms with Crippen LogP contribution in [0.5, 0.6) is 11.5 Å². The van der Waals surface area contributed by atoms with Crippen molar-refractivity contribution in [2.75, 3.05) is 6.61 Å². The van der Waals surface area contributed by atoms with Gasteiger partial charge in [0.25, 0.3) is 0 Å². The number of benzene rings is 3. The first-order valence-corrected chi connectivity index (χ1v) is 8.53. The van der Waals surface area contributed by atoms with Crippen LogP contribution in [0.1, 0.15) is 12.5 Å². The lowest BCUT2D eigenvalue weighted by atomic mass is 10.1. The maximum atomic E-state index is 12.0. The summed E-state index contributed by atoms with van der Waals surface area (Å²) in [5.74, 6) is 0.920. The summed E-state index contributed by atoms with van der Waals surface area (Å²) in [6.07, 6.45) is 3.14. The van der Waals surface area contributed by atoms with Crippen molar-refractivity contribution in [3.8, 4) is 22.6 Å². The van der Waals surface area contributed by atoms with Crippen LogP contribution in [0, 0.1) is 0 Å². The van der Waals surface area contributed by atoms with Crippen LogP contribution in [0.2, 0.25) is 0 Å². The van der Waals surface area contributed by atoms with Crippen molar-refractivity contribution >= 4 is 12.0 Å². The smallest absolute Gasteiger partial charge is 0.336 e. The summed E-state index contributed by atoms with van der Waals surface area (Å²) >= 11 is 0. The van der Waals surface area contributed by atoms with Gasteiger partial charge in [0.05, 0.1) is 6.61 Å². The second-order valence-electron chi connectivity index (χ2n) is 5.65. The van der Waals surface area contributed by atoms with Gasteiger partial charge in [-0.25, -0.2) is 4.79 Å². The number of carbonyl (C=O) groups is 1. The van der Waals surface area contributed by atoms with E-state index in [1.807, 2.05) is 73.7 Å². The van der Waals surface area contributed by atoms with Gasteiger partial charge in [0.1, 0.15) is 11.5 Å². The number of carbonyl (C=O) groups excluding carboxylic acids is 1. The van der Waals surface area contributed by atoms with Crippen molar-refractivity contribution in [3.63, 3.8) is 0 Å². The van der Waals surface area contributed by atoms with E-state index in [4.69, 9.17) is 9.47 Å². The van der Waals surface area contributed by atoms with Crippen LogP contribution < -0.4 is 9.47 Å². The third-order valence-electron chi connectivity index (χ3n) is 3.78. The van der Waals surface area contributed by atoms with E-state index in [0.29, 0.717) is 12.4 Å². The van der Waals surface area contributed by atoms with E-state index in [1.165, 1.54) is 6.08 Å². The van der Waals surface area contributed by atoms with Crippen molar-refractivity contribution in [2.24, 2.45) is 0 Å². The van der Waals surface area contributed by atoms with Gasteiger partial charge in [0, 0.05) is 6.08 Å². The molecule has 0 amide bonds. The van der Waals surface area contributed by atoms with Gasteiger partial charge in [-0.1, -0.05) is 54.6 Å². The molecule has 26 heavy (non-hydrogen) atoms. The summed E-state index contributed by atoms with van der Waals surface area (Å²) in [4.78, 5) is 12.0. The normalized spacial score (nSPS) is 10.7. The minimum Gasteiger partial charge on any atom is -0.494 e. The van der Waals surface area contributed by atoms with Gasteiger partial charge in [-0.3, -0.25) is 0 Å². The van der Waals surface area contributed by atoms with Gasteiger partial charge in [0.15, 0.2) is 0 Å². The predicted octanol–water partition coefficient (Wildman–Crippen LogP) is 5.37. The first-order chi connectivity index (χ1) is 12.7. The van der Waals surface area contributed by atoms with E-state index in [1.54, 1.807) is 18.2 Å². The molecule has 0 aliphatic carbocycles. The highest BCUT2D eigenvalue weighted by atomic mass is 16.5. The number of hydrogen-bond donors (Lipinski definition) is 0. The first-order valence-electron chi connectivity index (χ1n) is 8.53. The van der Waals surface area contributed by atoms with Crippen LogP contribution in [0.25, 0.3) is 17.2 Å². The van der Waals surface area contributed by atoms with Crippen molar-refractivity contribution in [2.45, 2.75) is 6.92 Å². The molecule has 3 nitrogen and oxygen atoms in total. The van der Waals surface area contributed by atoms with E-state index >= 15 is 0 Å². The van der Waals surface area contributed by atoms with Gasteiger partial charge in [-0.2, -0.15) is 0 Å². The number of rotatable bonds is 6. The van der Waals surface area contributed by atoms with Crippen LogP contribution in [-0.2, 0) is 4.79 Å². The monoisotopic (exact) mass is 344 g/mol. The van der Waals surface area contributed by atoms with Crippen LogP contribution in [0.15, 0.2) is 84.9 Å². The molecule has 0 saturated carbocycles. The molecule has 0 fully saturated rings. The minimum atomic E-state index is -0.411. The number of esters is 1. The molecule has 3 heteroatoms. The second-order valence-corrected chi connectivity index (χ2v) is 5.65. The fraction of sp³-hybridized carbons (Fsp3) is 0.0870. The Morgan fingerprint density at radius 1 is 0.808 bits per heavy atom. The van der Waals surface area contributed by atoms with Crippen molar-refractivity contribution in [1.82, 2.24) is 0 Å². The van der Waals surface area contributed by atoms with Crippen LogP contribution in [0.4, 0.5) is 0 Å². The van der Waals surface area contributed by atoms with Crippen molar-refractivity contribution in [1.29, 1.82) is 0 Å². The molecule has 0 heterocycles. The molecule has 0 aliphatic rings. The highest BCUT2D eigenvalue weighted by Gasteiger charge is 2.02. The van der Waals surface area contributed by atoms with Gasteiger partial charge in [-0.15, -0.1) is 0 Å². The zero-order chi connectivity index (χ0) is 18.2.